The quantitative estimate of drug-likeness (QED) is 0.653. The first-order valence-electron chi connectivity index (χ1n) is 7.89. The summed E-state index contributed by atoms with van der Waals surface area (Å²) in [6.45, 7) is 8.01. The second-order valence-corrected chi connectivity index (χ2v) is 10.7. The van der Waals surface area contributed by atoms with Gasteiger partial charge in [0.25, 0.3) is 5.19 Å². The molecule has 1 aliphatic rings. The first-order valence-corrected chi connectivity index (χ1v) is 11.4. The smallest absolute Gasteiger partial charge is 0.295 e. The summed E-state index contributed by atoms with van der Waals surface area (Å²) in [6, 6.07) is -0.218. The summed E-state index contributed by atoms with van der Waals surface area (Å²) >= 11 is 2.64. The number of hydrogen-bond donors (Lipinski definition) is 0. The molecule has 0 radical (unpaired) electrons. The van der Waals surface area contributed by atoms with E-state index in [9.17, 15) is 13.2 Å². The van der Waals surface area contributed by atoms with Gasteiger partial charge in [0, 0.05) is 12.6 Å². The van der Waals surface area contributed by atoms with E-state index in [1.165, 1.54) is 23.1 Å². The van der Waals surface area contributed by atoms with E-state index >= 15 is 0 Å². The molecule has 1 fully saturated rings. The zero-order valence-electron chi connectivity index (χ0n) is 14.3. The van der Waals surface area contributed by atoms with E-state index in [2.05, 4.69) is 10.2 Å². The van der Waals surface area contributed by atoms with Crippen molar-refractivity contribution in [2.45, 2.75) is 55.9 Å². The van der Waals surface area contributed by atoms with Crippen LogP contribution >= 0.6 is 23.1 Å². The largest absolute Gasteiger partial charge is 0.466 e. The molecular weight excluding hydrogens is 370 g/mol. The van der Waals surface area contributed by atoms with E-state index in [0.29, 0.717) is 22.5 Å². The van der Waals surface area contributed by atoms with Crippen LogP contribution in [-0.2, 0) is 14.6 Å². The zero-order chi connectivity index (χ0) is 17.9. The lowest BCUT2D eigenvalue weighted by Gasteiger charge is -2.29. The number of rotatable bonds is 7. The Kier molecular flexibility index (Phi) is 6.49. The molecule has 2 heterocycles. The van der Waals surface area contributed by atoms with Crippen molar-refractivity contribution in [1.29, 1.82) is 0 Å². The fourth-order valence-electron chi connectivity index (χ4n) is 2.54. The average Bonchev–Trinajstić information content (AvgIpc) is 3.05. The van der Waals surface area contributed by atoms with Crippen molar-refractivity contribution in [2.75, 3.05) is 18.1 Å². The number of hydrogen-bond acceptors (Lipinski definition) is 8. The third-order valence-electron chi connectivity index (χ3n) is 3.62. The Hall–Kier alpha value is -0.870. The normalized spacial score (nSPS) is 21.0. The van der Waals surface area contributed by atoms with Crippen molar-refractivity contribution in [3.63, 3.8) is 0 Å². The summed E-state index contributed by atoms with van der Waals surface area (Å²) < 4.78 is 29.5. The number of carbonyl (C=O) groups is 1. The van der Waals surface area contributed by atoms with Crippen LogP contribution in [0.4, 0.5) is 0 Å². The molecule has 136 valence electrons. The zero-order valence-corrected chi connectivity index (χ0v) is 16.7. The van der Waals surface area contributed by atoms with E-state index in [0.717, 1.165) is 0 Å². The number of carbonyl (C=O) groups excluding carboxylic acids is 1. The number of aromatic nitrogens is 2. The van der Waals surface area contributed by atoms with Gasteiger partial charge >= 0.3 is 0 Å². The van der Waals surface area contributed by atoms with Gasteiger partial charge in [0.15, 0.2) is 14.2 Å². The predicted octanol–water partition coefficient (Wildman–Crippen LogP) is 1.84. The molecule has 1 aromatic rings. The van der Waals surface area contributed by atoms with Gasteiger partial charge in [0.05, 0.1) is 22.9 Å². The lowest BCUT2D eigenvalue weighted by molar-refractivity contribution is -0.131. The van der Waals surface area contributed by atoms with Gasteiger partial charge in [0.1, 0.15) is 0 Å². The van der Waals surface area contributed by atoms with Gasteiger partial charge < -0.3 is 9.64 Å². The van der Waals surface area contributed by atoms with Crippen LogP contribution in [0.1, 0.15) is 34.1 Å². The minimum atomic E-state index is -3.01. The highest BCUT2D eigenvalue weighted by atomic mass is 32.2. The van der Waals surface area contributed by atoms with E-state index in [-0.39, 0.29) is 34.8 Å². The molecule has 0 N–H and O–H groups in total. The fraction of sp³-hybridized carbons (Fsp3) is 0.786. The minimum absolute atomic E-state index is 0.0229. The number of sulfone groups is 1. The van der Waals surface area contributed by atoms with Crippen LogP contribution in [-0.4, -0.2) is 64.9 Å². The number of amides is 1. The molecule has 0 aliphatic carbocycles. The summed E-state index contributed by atoms with van der Waals surface area (Å²) in [5.41, 5.74) is 0. The number of thioether (sulfide) groups is 1. The Bertz CT molecular complexity index is 675. The van der Waals surface area contributed by atoms with E-state index < -0.39 is 9.84 Å². The Balaban J connectivity index is 1.98. The third-order valence-corrected chi connectivity index (χ3v) is 7.36. The van der Waals surface area contributed by atoms with E-state index in [4.69, 9.17) is 4.74 Å². The maximum atomic E-state index is 12.7. The maximum absolute atomic E-state index is 12.7. The lowest BCUT2D eigenvalue weighted by atomic mass is 10.2. The highest BCUT2D eigenvalue weighted by Gasteiger charge is 2.35. The SMILES string of the molecule is CCN(C(=O)C(C)Sc1nnc(OC(C)C)s1)C1CCS(=O)(=O)C1. The number of nitrogens with zero attached hydrogens (tertiary/aromatic N) is 3. The summed E-state index contributed by atoms with van der Waals surface area (Å²) in [6.07, 6.45) is 0.541. The molecular formula is C14H23N3O4S3. The second-order valence-electron chi connectivity index (χ2n) is 5.94. The lowest BCUT2D eigenvalue weighted by Crippen LogP contribution is -2.44. The molecule has 0 aromatic carbocycles. The molecule has 2 atom stereocenters. The molecule has 1 aromatic heterocycles. The molecule has 2 unspecified atom stereocenters. The first-order chi connectivity index (χ1) is 11.2. The van der Waals surface area contributed by atoms with E-state index in [1.54, 1.807) is 4.90 Å². The maximum Gasteiger partial charge on any atom is 0.295 e. The molecule has 1 saturated heterocycles. The summed E-state index contributed by atoms with van der Waals surface area (Å²) in [7, 11) is -3.01. The van der Waals surface area contributed by atoms with Crippen LogP contribution < -0.4 is 4.74 Å². The van der Waals surface area contributed by atoms with Gasteiger partial charge in [-0.05, 0) is 45.5 Å². The summed E-state index contributed by atoms with van der Waals surface area (Å²) in [5.74, 6) is 0.163. The summed E-state index contributed by atoms with van der Waals surface area (Å²) in [5, 5.41) is 8.12. The third kappa shape index (κ3) is 5.06. The highest BCUT2D eigenvalue weighted by Crippen LogP contribution is 2.32. The van der Waals surface area contributed by atoms with Gasteiger partial charge in [0.2, 0.25) is 5.91 Å². The van der Waals surface area contributed by atoms with Gasteiger partial charge in [-0.1, -0.05) is 16.9 Å². The van der Waals surface area contributed by atoms with Gasteiger partial charge in [-0.2, -0.15) is 0 Å². The topological polar surface area (TPSA) is 89.5 Å². The van der Waals surface area contributed by atoms with Crippen LogP contribution in [0.2, 0.25) is 0 Å². The van der Waals surface area contributed by atoms with Crippen LogP contribution in [0.25, 0.3) is 0 Å². The van der Waals surface area contributed by atoms with Crippen molar-refractivity contribution in [1.82, 2.24) is 15.1 Å². The molecule has 1 amide bonds. The molecule has 7 nitrogen and oxygen atoms in total. The van der Waals surface area contributed by atoms with Crippen molar-refractivity contribution >= 4 is 38.8 Å². The number of ether oxygens (including phenoxy) is 1. The minimum Gasteiger partial charge on any atom is -0.466 e. The molecule has 1 aliphatic heterocycles. The Morgan fingerprint density at radius 3 is 2.67 bits per heavy atom. The van der Waals surface area contributed by atoms with Gasteiger partial charge in [-0.25, -0.2) is 8.42 Å². The van der Waals surface area contributed by atoms with E-state index in [1.807, 2.05) is 27.7 Å². The fourth-order valence-corrected chi connectivity index (χ4v) is 6.29. The van der Waals surface area contributed by atoms with Gasteiger partial charge in [-0.15, -0.1) is 5.10 Å². The second kappa shape index (κ2) is 8.01. The predicted molar refractivity (Wildman–Crippen MR) is 95.4 cm³/mol. The Morgan fingerprint density at radius 1 is 1.42 bits per heavy atom. The van der Waals surface area contributed by atoms with Crippen LogP contribution in [0.5, 0.6) is 5.19 Å². The van der Waals surface area contributed by atoms with Crippen molar-refractivity contribution < 1.29 is 17.9 Å². The monoisotopic (exact) mass is 393 g/mol. The average molecular weight is 394 g/mol. The molecule has 0 saturated carbocycles. The van der Waals surface area contributed by atoms with Crippen LogP contribution in [0.3, 0.4) is 0 Å². The summed E-state index contributed by atoms with van der Waals surface area (Å²) in [4.78, 5) is 14.4. The van der Waals surface area contributed by atoms with Crippen molar-refractivity contribution in [2.24, 2.45) is 0 Å². The van der Waals surface area contributed by atoms with Crippen LogP contribution in [0, 0.1) is 0 Å². The molecule has 24 heavy (non-hydrogen) atoms. The van der Waals surface area contributed by atoms with Crippen molar-refractivity contribution in [3.05, 3.63) is 0 Å². The van der Waals surface area contributed by atoms with Gasteiger partial charge in [-0.3, -0.25) is 4.79 Å². The molecule has 2 rings (SSSR count). The molecule has 0 spiro atoms. The highest BCUT2D eigenvalue weighted by molar-refractivity contribution is 8.02. The first kappa shape index (κ1) is 19.5. The van der Waals surface area contributed by atoms with Crippen LogP contribution in [0.15, 0.2) is 4.34 Å². The Labute approximate surface area is 151 Å². The standard InChI is InChI=1S/C14H23N3O4S3/c1-5-17(11-6-7-24(19,20)8-11)12(18)10(4)22-14-16-15-13(23-14)21-9(2)3/h9-11H,5-8H2,1-4H3. The van der Waals surface area contributed by atoms with Crippen molar-refractivity contribution in [3.8, 4) is 5.19 Å². The molecule has 0 bridgehead atoms. The molecule has 10 heteroatoms. The Morgan fingerprint density at radius 2 is 2.12 bits per heavy atom.